The zero-order chi connectivity index (χ0) is 17.4. The minimum atomic E-state index is -1.63. The van der Waals surface area contributed by atoms with Crippen LogP contribution in [-0.2, 0) is 0 Å². The molecule has 1 nitrogen and oxygen atoms in total. The molecule has 4 heteroatoms. The summed E-state index contributed by atoms with van der Waals surface area (Å²) in [5.74, 6) is 0. The molecule has 27 heavy (non-hydrogen) atoms. The van der Waals surface area contributed by atoms with Crippen molar-refractivity contribution in [3.8, 4) is 0 Å². The second-order valence-corrected chi connectivity index (χ2v) is 10.0. The number of hydrogen-bond acceptors (Lipinski definition) is 1. The number of benzene rings is 3. The van der Waals surface area contributed by atoms with Crippen molar-refractivity contribution in [2.24, 2.45) is 5.73 Å². The zero-order valence-corrected chi connectivity index (χ0v) is 19.9. The largest absolute Gasteiger partial charge is 0.330 e. The van der Waals surface area contributed by atoms with Crippen molar-refractivity contribution < 1.29 is 0 Å². The van der Waals surface area contributed by atoms with Gasteiger partial charge in [-0.2, -0.15) is 0 Å². The van der Waals surface area contributed by atoms with Crippen molar-refractivity contribution in [2.75, 3.05) is 12.7 Å². The summed E-state index contributed by atoms with van der Waals surface area (Å²) >= 11 is 0. The Hall–Kier alpha value is -0.990. The van der Waals surface area contributed by atoms with Gasteiger partial charge in [-0.05, 0) is 62.2 Å². The Morgan fingerprint density at radius 2 is 0.889 bits per heavy atom. The van der Waals surface area contributed by atoms with Gasteiger partial charge in [0.1, 0.15) is 23.2 Å². The Kier molecular flexibility index (Phi) is 11.1. The van der Waals surface area contributed by atoms with Crippen LogP contribution in [0.5, 0.6) is 0 Å². The van der Waals surface area contributed by atoms with Gasteiger partial charge >= 0.3 is 0 Å². The molecule has 0 heterocycles. The molecule has 0 atom stereocenters. The van der Waals surface area contributed by atoms with Crippen LogP contribution in [0.15, 0.2) is 91.0 Å². The van der Waals surface area contributed by atoms with Crippen LogP contribution in [0.4, 0.5) is 0 Å². The average Bonchev–Trinajstić information content (AvgIpc) is 2.70. The van der Waals surface area contributed by atoms with Crippen molar-refractivity contribution in [3.63, 3.8) is 0 Å². The van der Waals surface area contributed by atoms with Gasteiger partial charge < -0.3 is 5.73 Å². The summed E-state index contributed by atoms with van der Waals surface area (Å²) in [7, 11) is -1.63. The van der Waals surface area contributed by atoms with Crippen LogP contribution in [-0.4, -0.2) is 12.7 Å². The van der Waals surface area contributed by atoms with E-state index in [4.69, 9.17) is 5.73 Å². The molecular formula is C23H29Br2NP+. The SMILES string of the molecule is Br.Br.NCCCCC[P+](c1ccccc1)(c1ccccc1)c1ccccc1. The molecule has 2 N–H and O–H groups in total. The fourth-order valence-corrected chi connectivity index (χ4v) is 7.96. The molecule has 0 aliphatic rings. The lowest BCUT2D eigenvalue weighted by molar-refractivity contribution is 0.730. The molecule has 0 bridgehead atoms. The monoisotopic (exact) mass is 508 g/mol. The molecule has 0 aliphatic carbocycles. The van der Waals surface area contributed by atoms with Gasteiger partial charge in [0.05, 0.1) is 6.16 Å². The average molecular weight is 510 g/mol. The summed E-state index contributed by atoms with van der Waals surface area (Å²) in [4.78, 5) is 0. The van der Waals surface area contributed by atoms with Crippen molar-refractivity contribution in [2.45, 2.75) is 19.3 Å². The molecule has 3 aromatic rings. The third kappa shape index (κ3) is 5.74. The van der Waals surface area contributed by atoms with Crippen LogP contribution in [0, 0.1) is 0 Å². The number of hydrogen-bond donors (Lipinski definition) is 1. The van der Waals surface area contributed by atoms with Gasteiger partial charge in [-0.15, -0.1) is 34.0 Å². The molecule has 0 amide bonds. The maximum absolute atomic E-state index is 5.72. The lowest BCUT2D eigenvalue weighted by Crippen LogP contribution is -2.33. The van der Waals surface area contributed by atoms with Gasteiger partial charge in [0.15, 0.2) is 0 Å². The predicted octanol–water partition coefficient (Wildman–Crippen LogP) is 5.27. The van der Waals surface area contributed by atoms with Crippen LogP contribution in [0.3, 0.4) is 0 Å². The van der Waals surface area contributed by atoms with E-state index in [2.05, 4.69) is 91.0 Å². The summed E-state index contributed by atoms with van der Waals surface area (Å²) in [6.45, 7) is 0.785. The predicted molar refractivity (Wildman–Crippen MR) is 134 cm³/mol. The molecule has 0 aliphatic heterocycles. The van der Waals surface area contributed by atoms with E-state index in [-0.39, 0.29) is 34.0 Å². The maximum Gasteiger partial charge on any atom is 0.112 e. The third-order valence-electron chi connectivity index (χ3n) is 4.79. The molecule has 0 fully saturated rings. The molecule has 3 aromatic carbocycles. The van der Waals surface area contributed by atoms with E-state index >= 15 is 0 Å². The van der Waals surface area contributed by atoms with E-state index in [1.165, 1.54) is 34.9 Å². The molecule has 0 unspecified atom stereocenters. The highest BCUT2D eigenvalue weighted by Gasteiger charge is 2.44. The second kappa shape index (κ2) is 12.5. The van der Waals surface area contributed by atoms with Crippen LogP contribution in [0.25, 0.3) is 0 Å². The fourth-order valence-electron chi connectivity index (χ4n) is 3.55. The number of halogens is 2. The highest BCUT2D eigenvalue weighted by atomic mass is 79.9. The summed E-state index contributed by atoms with van der Waals surface area (Å²) in [5, 5.41) is 4.42. The van der Waals surface area contributed by atoms with Crippen LogP contribution < -0.4 is 21.6 Å². The molecule has 0 saturated heterocycles. The highest BCUT2D eigenvalue weighted by Crippen LogP contribution is 2.55. The lowest BCUT2D eigenvalue weighted by atomic mass is 10.2. The first-order chi connectivity index (χ1) is 12.4. The molecule has 0 aromatic heterocycles. The first-order valence-electron chi connectivity index (χ1n) is 9.13. The summed E-state index contributed by atoms with van der Waals surface area (Å²) in [5.41, 5.74) is 5.72. The molecule has 144 valence electrons. The van der Waals surface area contributed by atoms with Crippen molar-refractivity contribution in [3.05, 3.63) is 91.0 Å². The molecule has 0 radical (unpaired) electrons. The minimum absolute atomic E-state index is 0. The Morgan fingerprint density at radius 3 is 1.22 bits per heavy atom. The van der Waals surface area contributed by atoms with Crippen LogP contribution in [0.2, 0.25) is 0 Å². The smallest absolute Gasteiger partial charge is 0.112 e. The molecule has 3 rings (SSSR count). The van der Waals surface area contributed by atoms with E-state index in [0.29, 0.717) is 0 Å². The quantitative estimate of drug-likeness (QED) is 0.325. The number of nitrogens with two attached hydrogens (primary N) is 1. The third-order valence-corrected chi connectivity index (χ3v) is 9.31. The van der Waals surface area contributed by atoms with Gasteiger partial charge in [-0.3, -0.25) is 0 Å². The number of rotatable bonds is 8. The zero-order valence-electron chi connectivity index (χ0n) is 15.5. The van der Waals surface area contributed by atoms with E-state index in [1.54, 1.807) is 0 Å². The minimum Gasteiger partial charge on any atom is -0.330 e. The molecule has 0 saturated carbocycles. The first-order valence-corrected chi connectivity index (χ1v) is 11.1. The van der Waals surface area contributed by atoms with E-state index in [9.17, 15) is 0 Å². The van der Waals surface area contributed by atoms with Crippen LogP contribution in [0.1, 0.15) is 19.3 Å². The Bertz CT molecular complexity index is 654. The van der Waals surface area contributed by atoms with Crippen molar-refractivity contribution in [1.82, 2.24) is 0 Å². The second-order valence-electron chi connectivity index (χ2n) is 6.39. The van der Waals surface area contributed by atoms with E-state index in [1.807, 2.05) is 0 Å². The summed E-state index contributed by atoms with van der Waals surface area (Å²) in [6.07, 6.45) is 4.72. The Balaban J connectivity index is 0.00000182. The Labute approximate surface area is 185 Å². The van der Waals surface area contributed by atoms with Crippen molar-refractivity contribution in [1.29, 1.82) is 0 Å². The van der Waals surface area contributed by atoms with Gasteiger partial charge in [0.2, 0.25) is 0 Å². The normalized spacial score (nSPS) is 10.6. The topological polar surface area (TPSA) is 26.0 Å². The van der Waals surface area contributed by atoms with Crippen LogP contribution >= 0.6 is 41.2 Å². The van der Waals surface area contributed by atoms with Gasteiger partial charge in [0, 0.05) is 0 Å². The Morgan fingerprint density at radius 1 is 0.519 bits per heavy atom. The maximum atomic E-state index is 5.72. The highest BCUT2D eigenvalue weighted by molar-refractivity contribution is 8.93. The lowest BCUT2D eigenvalue weighted by Gasteiger charge is -2.27. The first kappa shape index (κ1) is 24.0. The molecular weight excluding hydrogens is 481 g/mol. The fraction of sp³-hybridized carbons (Fsp3) is 0.217. The van der Waals surface area contributed by atoms with Gasteiger partial charge in [-0.1, -0.05) is 54.6 Å². The standard InChI is InChI=1S/C23H27NP.2BrH/c24-19-11-4-12-20-25(21-13-5-1-6-14-21,22-15-7-2-8-16-22)23-17-9-3-10-18-23;;/h1-3,5-10,13-18H,4,11-12,19-20,24H2;2*1H/q+1;;. The van der Waals surface area contributed by atoms with Gasteiger partial charge in [-0.25, -0.2) is 0 Å². The summed E-state index contributed by atoms with van der Waals surface area (Å²) < 4.78 is 0. The van der Waals surface area contributed by atoms with E-state index in [0.717, 1.165) is 13.0 Å². The number of unbranched alkanes of at least 4 members (excludes halogenated alkanes) is 2. The van der Waals surface area contributed by atoms with Gasteiger partial charge in [0.25, 0.3) is 0 Å². The van der Waals surface area contributed by atoms with Crippen molar-refractivity contribution >= 4 is 57.1 Å². The molecule has 0 spiro atoms. The summed E-state index contributed by atoms with van der Waals surface area (Å²) in [6, 6.07) is 33.3. The van der Waals surface area contributed by atoms with E-state index < -0.39 is 7.26 Å².